The summed E-state index contributed by atoms with van der Waals surface area (Å²) in [6.45, 7) is 0.777. The Labute approximate surface area is 77.2 Å². The highest BCUT2D eigenvalue weighted by Gasteiger charge is 2.27. The molecule has 0 aliphatic carbocycles. The minimum Gasteiger partial charge on any atom is -0.396 e. The van der Waals surface area contributed by atoms with E-state index in [4.69, 9.17) is 15.6 Å². The van der Waals surface area contributed by atoms with E-state index < -0.39 is 30.7 Å². The van der Waals surface area contributed by atoms with Gasteiger partial charge in [0.05, 0.1) is 25.4 Å². The van der Waals surface area contributed by atoms with Gasteiger partial charge >= 0.3 is 0 Å². The van der Waals surface area contributed by atoms with Gasteiger partial charge in [-0.05, 0) is 0 Å². The first-order chi connectivity index (χ1) is 6.08. The Kier molecular flexibility index (Phi) is 5.81. The molecule has 0 heterocycles. The normalized spacial score (nSPS) is 20.4. The van der Waals surface area contributed by atoms with Gasteiger partial charge in [-0.15, -0.1) is 0 Å². The largest absolute Gasteiger partial charge is 0.396 e. The topological polar surface area (TPSA) is 105 Å². The van der Waals surface area contributed by atoms with Crippen LogP contribution in [-0.4, -0.2) is 52.1 Å². The predicted octanol–water partition coefficient (Wildman–Crippen LogP) is -1.41. The molecule has 5 nitrogen and oxygen atoms in total. The van der Waals surface area contributed by atoms with E-state index in [-0.39, 0.29) is 6.61 Å². The Hall–Kier alpha value is -0.490. The van der Waals surface area contributed by atoms with Crippen LogP contribution in [0.25, 0.3) is 0 Å². The van der Waals surface area contributed by atoms with Crippen LogP contribution < -0.4 is 0 Å². The number of nitrogens with one attached hydrogen (secondary N) is 1. The molecule has 0 unspecified atom stereocenters. The van der Waals surface area contributed by atoms with Gasteiger partial charge in [-0.3, -0.25) is 0 Å². The number of aliphatic hydroxyl groups is 4. The van der Waals surface area contributed by atoms with Gasteiger partial charge in [-0.25, -0.2) is 0 Å². The maximum atomic E-state index is 9.50. The van der Waals surface area contributed by atoms with E-state index in [2.05, 4.69) is 0 Å². The van der Waals surface area contributed by atoms with Crippen molar-refractivity contribution in [2.24, 2.45) is 11.8 Å². The van der Waals surface area contributed by atoms with Crippen LogP contribution in [0.1, 0.15) is 6.92 Å². The zero-order valence-electron chi connectivity index (χ0n) is 7.59. The van der Waals surface area contributed by atoms with Crippen molar-refractivity contribution in [3.05, 3.63) is 0 Å². The zero-order valence-corrected chi connectivity index (χ0v) is 7.59. The van der Waals surface area contributed by atoms with Crippen LogP contribution in [0.3, 0.4) is 0 Å². The summed E-state index contributed by atoms with van der Waals surface area (Å²) in [6.07, 6.45) is -1.10. The van der Waals surface area contributed by atoms with E-state index in [0.29, 0.717) is 0 Å². The van der Waals surface area contributed by atoms with E-state index in [0.717, 1.165) is 6.21 Å². The molecule has 0 bridgehead atoms. The number of hydrogen-bond acceptors (Lipinski definition) is 5. The van der Waals surface area contributed by atoms with Crippen LogP contribution in [0.5, 0.6) is 0 Å². The Balaban J connectivity index is 4.21. The van der Waals surface area contributed by atoms with Gasteiger partial charge in [0.2, 0.25) is 0 Å². The maximum Gasteiger partial charge on any atom is 0.0821 e. The predicted molar refractivity (Wildman–Crippen MR) is 47.6 cm³/mol. The Morgan fingerprint density at radius 1 is 1.23 bits per heavy atom. The van der Waals surface area contributed by atoms with Crippen molar-refractivity contribution in [1.82, 2.24) is 0 Å². The summed E-state index contributed by atoms with van der Waals surface area (Å²) in [5, 5.41) is 42.9. The smallest absolute Gasteiger partial charge is 0.0821 e. The van der Waals surface area contributed by atoms with Crippen LogP contribution in [0.2, 0.25) is 0 Å². The minimum atomic E-state index is -1.02. The third-order valence-corrected chi connectivity index (χ3v) is 2.20. The standard InChI is InChI=1S/C8H17NO4/c1-5(7(12)4-11)8(13)6(2-9)3-10/h2,5-13H,3-4H2,1H3/t5-,6-,7-,8+/m1/s1. The Bertz CT molecular complexity index is 153. The summed E-state index contributed by atoms with van der Waals surface area (Å²) in [6, 6.07) is 0. The highest BCUT2D eigenvalue weighted by atomic mass is 16.3. The van der Waals surface area contributed by atoms with Crippen molar-refractivity contribution < 1.29 is 20.4 Å². The van der Waals surface area contributed by atoms with E-state index in [1.807, 2.05) is 0 Å². The van der Waals surface area contributed by atoms with Crippen LogP contribution >= 0.6 is 0 Å². The molecule has 0 saturated carbocycles. The molecule has 78 valence electrons. The molecule has 0 rings (SSSR count). The average Bonchev–Trinajstić information content (AvgIpc) is 2.17. The van der Waals surface area contributed by atoms with Gasteiger partial charge in [0, 0.05) is 18.1 Å². The van der Waals surface area contributed by atoms with Gasteiger partial charge in [0.15, 0.2) is 0 Å². The lowest BCUT2D eigenvalue weighted by molar-refractivity contribution is -0.0273. The zero-order chi connectivity index (χ0) is 10.4. The molecular formula is C8H17NO4. The number of rotatable bonds is 6. The van der Waals surface area contributed by atoms with Crippen molar-refractivity contribution in [1.29, 1.82) is 5.41 Å². The van der Waals surface area contributed by atoms with E-state index >= 15 is 0 Å². The summed E-state index contributed by atoms with van der Waals surface area (Å²) >= 11 is 0. The van der Waals surface area contributed by atoms with Gasteiger partial charge in [-0.1, -0.05) is 6.92 Å². The van der Waals surface area contributed by atoms with Crippen LogP contribution in [-0.2, 0) is 0 Å². The van der Waals surface area contributed by atoms with Crippen molar-refractivity contribution >= 4 is 6.21 Å². The van der Waals surface area contributed by atoms with Crippen LogP contribution in [0.15, 0.2) is 0 Å². The maximum absolute atomic E-state index is 9.50. The van der Waals surface area contributed by atoms with Gasteiger partial charge in [0.1, 0.15) is 0 Å². The van der Waals surface area contributed by atoms with Crippen LogP contribution in [0.4, 0.5) is 0 Å². The molecule has 0 aliphatic heterocycles. The summed E-state index contributed by atoms with van der Waals surface area (Å²) in [5.74, 6) is -1.25. The molecule has 4 atom stereocenters. The summed E-state index contributed by atoms with van der Waals surface area (Å²) < 4.78 is 0. The summed E-state index contributed by atoms with van der Waals surface area (Å²) in [4.78, 5) is 0. The minimum absolute atomic E-state index is 0.340. The molecule has 0 spiro atoms. The molecule has 0 fully saturated rings. The first-order valence-electron chi connectivity index (χ1n) is 4.16. The van der Waals surface area contributed by atoms with Crippen LogP contribution in [0, 0.1) is 17.2 Å². The molecule has 0 aromatic heterocycles. The molecule has 0 radical (unpaired) electrons. The van der Waals surface area contributed by atoms with Gasteiger partial charge < -0.3 is 25.8 Å². The van der Waals surface area contributed by atoms with Crippen molar-refractivity contribution in [2.45, 2.75) is 19.1 Å². The van der Waals surface area contributed by atoms with Crippen molar-refractivity contribution in [3.63, 3.8) is 0 Å². The Morgan fingerprint density at radius 3 is 2.08 bits per heavy atom. The fraction of sp³-hybridized carbons (Fsp3) is 0.875. The third-order valence-electron chi connectivity index (χ3n) is 2.20. The van der Waals surface area contributed by atoms with E-state index in [1.54, 1.807) is 6.92 Å². The van der Waals surface area contributed by atoms with Gasteiger partial charge in [0.25, 0.3) is 0 Å². The lowest BCUT2D eigenvalue weighted by atomic mass is 9.89. The first kappa shape index (κ1) is 12.5. The number of aliphatic hydroxyl groups excluding tert-OH is 4. The quantitative estimate of drug-likeness (QED) is 0.333. The lowest BCUT2D eigenvalue weighted by Gasteiger charge is -2.26. The lowest BCUT2D eigenvalue weighted by Crippen LogP contribution is -2.38. The second-order valence-corrected chi connectivity index (χ2v) is 3.11. The molecule has 0 aromatic rings. The molecule has 5 heteroatoms. The molecule has 0 saturated heterocycles. The molecule has 5 N–H and O–H groups in total. The number of hydrogen-bond donors (Lipinski definition) is 5. The van der Waals surface area contributed by atoms with E-state index in [1.165, 1.54) is 0 Å². The van der Waals surface area contributed by atoms with Crippen molar-refractivity contribution in [3.8, 4) is 0 Å². The second kappa shape index (κ2) is 6.04. The molecule has 13 heavy (non-hydrogen) atoms. The molecule has 0 aromatic carbocycles. The van der Waals surface area contributed by atoms with Crippen molar-refractivity contribution in [2.75, 3.05) is 13.2 Å². The molecular weight excluding hydrogens is 174 g/mol. The third kappa shape index (κ3) is 3.40. The van der Waals surface area contributed by atoms with Gasteiger partial charge in [-0.2, -0.15) is 0 Å². The fourth-order valence-electron chi connectivity index (χ4n) is 1.04. The van der Waals surface area contributed by atoms with E-state index in [9.17, 15) is 10.2 Å². The molecule has 0 aliphatic rings. The summed E-state index contributed by atoms with van der Waals surface area (Å²) in [5.41, 5.74) is 0. The second-order valence-electron chi connectivity index (χ2n) is 3.11. The summed E-state index contributed by atoms with van der Waals surface area (Å²) in [7, 11) is 0. The fourth-order valence-corrected chi connectivity index (χ4v) is 1.04. The average molecular weight is 191 g/mol. The Morgan fingerprint density at radius 2 is 1.77 bits per heavy atom. The molecule has 0 amide bonds. The first-order valence-corrected chi connectivity index (χ1v) is 4.16. The highest BCUT2D eigenvalue weighted by molar-refractivity contribution is 5.57. The highest BCUT2D eigenvalue weighted by Crippen LogP contribution is 2.15. The SMILES string of the molecule is C[C@@H]([C@H](O)[C@H](C=N)CO)[C@H](O)CO. The monoisotopic (exact) mass is 191 g/mol.